The standard InChI is InChI=1S/C25H25Cl2F2N7O3/c1-2-35(22(38)7-4-10-31-15-37)21-13-36(34-23(21)16-8-9-19(26)20(27)11-16)25(32-14-30)33-17-5-3-6-18(12-17)39-24(28)29/h3,5-6,8-9,11-12,15,21,24H,2,4,7,10,13H2,1H3,(H,31,37)(H,32,33). The third-order valence-electron chi connectivity index (χ3n) is 5.63. The molecule has 0 spiro atoms. The van der Waals surface area contributed by atoms with Crippen LogP contribution in [0.4, 0.5) is 14.5 Å². The van der Waals surface area contributed by atoms with Crippen molar-refractivity contribution in [2.45, 2.75) is 32.4 Å². The number of nitrogens with one attached hydrogen (secondary N) is 2. The molecule has 0 aromatic heterocycles. The third-order valence-corrected chi connectivity index (χ3v) is 6.37. The molecule has 1 aliphatic heterocycles. The molecule has 0 aliphatic carbocycles. The summed E-state index contributed by atoms with van der Waals surface area (Å²) in [7, 11) is 0. The Bertz CT molecular complexity index is 1290. The molecule has 2 aromatic carbocycles. The molecular weight excluding hydrogens is 555 g/mol. The van der Waals surface area contributed by atoms with Crippen LogP contribution in [0, 0.1) is 11.5 Å². The van der Waals surface area contributed by atoms with Crippen molar-refractivity contribution in [2.24, 2.45) is 10.1 Å². The van der Waals surface area contributed by atoms with Gasteiger partial charge in [0.15, 0.2) is 6.19 Å². The minimum absolute atomic E-state index is 0.00504. The van der Waals surface area contributed by atoms with E-state index in [9.17, 15) is 23.6 Å². The maximum atomic E-state index is 13.2. The number of likely N-dealkylation sites (N-methyl/N-ethyl adjacent to an activating group) is 1. The van der Waals surface area contributed by atoms with E-state index < -0.39 is 12.7 Å². The normalized spacial score (nSPS) is 15.0. The first kappa shape index (κ1) is 29.6. The number of hydrogen-bond donors (Lipinski definition) is 2. The molecule has 0 bridgehead atoms. The predicted octanol–water partition coefficient (Wildman–Crippen LogP) is 4.12. The van der Waals surface area contributed by atoms with Crippen LogP contribution in [0.25, 0.3) is 0 Å². The van der Waals surface area contributed by atoms with Gasteiger partial charge in [0.1, 0.15) is 5.75 Å². The number of carbonyl (C=O) groups excluding carboxylic acids is 2. The summed E-state index contributed by atoms with van der Waals surface area (Å²) in [5.41, 5.74) is 1.32. The first-order valence-corrected chi connectivity index (χ1v) is 12.6. The Balaban J connectivity index is 1.99. The summed E-state index contributed by atoms with van der Waals surface area (Å²) in [6.45, 7) is -0.347. The zero-order valence-electron chi connectivity index (χ0n) is 20.8. The molecule has 1 aliphatic rings. The molecule has 1 heterocycles. The lowest BCUT2D eigenvalue weighted by molar-refractivity contribution is -0.132. The van der Waals surface area contributed by atoms with Gasteiger partial charge in [0.2, 0.25) is 18.3 Å². The van der Waals surface area contributed by atoms with Crippen LogP contribution in [-0.2, 0) is 9.59 Å². The van der Waals surface area contributed by atoms with E-state index >= 15 is 0 Å². The lowest BCUT2D eigenvalue weighted by Gasteiger charge is -2.29. The van der Waals surface area contributed by atoms with E-state index in [4.69, 9.17) is 23.2 Å². The number of aliphatic imine (C=N–C) groups is 1. The van der Waals surface area contributed by atoms with Gasteiger partial charge in [-0.05, 0) is 37.6 Å². The van der Waals surface area contributed by atoms with Crippen molar-refractivity contribution in [1.82, 2.24) is 20.5 Å². The molecule has 39 heavy (non-hydrogen) atoms. The Morgan fingerprint density at radius 3 is 2.79 bits per heavy atom. The zero-order valence-corrected chi connectivity index (χ0v) is 22.3. The van der Waals surface area contributed by atoms with E-state index in [1.54, 1.807) is 35.4 Å². The van der Waals surface area contributed by atoms with Gasteiger partial charge in [0, 0.05) is 31.1 Å². The Hall–Kier alpha value is -3.95. The van der Waals surface area contributed by atoms with Gasteiger partial charge in [-0.3, -0.25) is 14.9 Å². The number of guanidine groups is 1. The van der Waals surface area contributed by atoms with E-state index in [2.05, 4.69) is 25.5 Å². The molecule has 3 rings (SSSR count). The lowest BCUT2D eigenvalue weighted by atomic mass is 10.0. The third kappa shape index (κ3) is 8.02. The first-order chi connectivity index (χ1) is 18.8. The molecule has 14 heteroatoms. The fraction of sp³-hybridized carbons (Fsp3) is 0.320. The number of rotatable bonds is 11. The van der Waals surface area contributed by atoms with Crippen molar-refractivity contribution < 1.29 is 23.1 Å². The Morgan fingerprint density at radius 2 is 2.13 bits per heavy atom. The van der Waals surface area contributed by atoms with E-state index in [-0.39, 0.29) is 36.3 Å². The smallest absolute Gasteiger partial charge is 0.387 e. The Labute approximate surface area is 233 Å². The summed E-state index contributed by atoms with van der Waals surface area (Å²) >= 11 is 12.4. The quantitative estimate of drug-likeness (QED) is 0.103. The summed E-state index contributed by atoms with van der Waals surface area (Å²) in [5.74, 6) is -0.257. The van der Waals surface area contributed by atoms with E-state index in [1.807, 2.05) is 6.92 Å². The predicted molar refractivity (Wildman–Crippen MR) is 143 cm³/mol. The summed E-state index contributed by atoms with van der Waals surface area (Å²) in [5, 5.41) is 21.1. The van der Waals surface area contributed by atoms with Gasteiger partial charge < -0.3 is 15.0 Å². The average molecular weight is 580 g/mol. The molecule has 2 N–H and O–H groups in total. The highest BCUT2D eigenvalue weighted by Crippen LogP contribution is 2.28. The van der Waals surface area contributed by atoms with Crippen molar-refractivity contribution >= 4 is 52.9 Å². The topological polar surface area (TPSA) is 122 Å². The van der Waals surface area contributed by atoms with Gasteiger partial charge in [-0.2, -0.15) is 19.1 Å². The van der Waals surface area contributed by atoms with E-state index in [0.717, 1.165) is 0 Å². The van der Waals surface area contributed by atoms with Crippen LogP contribution in [0.5, 0.6) is 5.75 Å². The molecule has 206 valence electrons. The highest BCUT2D eigenvalue weighted by atomic mass is 35.5. The zero-order chi connectivity index (χ0) is 28.4. The van der Waals surface area contributed by atoms with E-state index in [0.29, 0.717) is 47.2 Å². The molecule has 1 unspecified atom stereocenters. The van der Waals surface area contributed by atoms with Crippen LogP contribution in [0.2, 0.25) is 10.0 Å². The average Bonchev–Trinajstić information content (AvgIpc) is 3.33. The van der Waals surface area contributed by atoms with Crippen molar-refractivity contribution in [1.29, 1.82) is 5.26 Å². The van der Waals surface area contributed by atoms with Crippen molar-refractivity contribution in [3.05, 3.63) is 58.1 Å². The summed E-state index contributed by atoms with van der Waals surface area (Å²) < 4.78 is 29.8. The van der Waals surface area contributed by atoms with Crippen molar-refractivity contribution in [3.8, 4) is 11.9 Å². The van der Waals surface area contributed by atoms with Gasteiger partial charge in [-0.25, -0.2) is 10.0 Å². The molecule has 0 radical (unpaired) electrons. The number of amides is 2. The van der Waals surface area contributed by atoms with Gasteiger partial charge in [0.05, 0.1) is 34.0 Å². The molecule has 0 fully saturated rings. The minimum atomic E-state index is -3.01. The maximum absolute atomic E-state index is 13.2. The molecule has 2 amide bonds. The van der Waals surface area contributed by atoms with Gasteiger partial charge in [0.25, 0.3) is 0 Å². The largest absolute Gasteiger partial charge is 0.435 e. The number of hydrogen-bond acceptors (Lipinski definition) is 6. The fourth-order valence-electron chi connectivity index (χ4n) is 3.94. The van der Waals surface area contributed by atoms with Crippen LogP contribution < -0.4 is 15.4 Å². The van der Waals surface area contributed by atoms with Crippen LogP contribution >= 0.6 is 23.2 Å². The van der Waals surface area contributed by atoms with Crippen LogP contribution in [-0.4, -0.2) is 66.2 Å². The molecule has 0 saturated carbocycles. The summed E-state index contributed by atoms with van der Waals surface area (Å²) in [6, 6.07) is 10.1. The van der Waals surface area contributed by atoms with Crippen LogP contribution in [0.15, 0.2) is 52.6 Å². The van der Waals surface area contributed by atoms with Crippen molar-refractivity contribution in [3.63, 3.8) is 0 Å². The number of carbonyl (C=O) groups is 2. The van der Waals surface area contributed by atoms with Gasteiger partial charge >= 0.3 is 6.61 Å². The number of nitrogens with zero attached hydrogens (tertiary/aromatic N) is 5. The SMILES string of the molecule is CCN(C(=O)CCCNC=O)C1CN(C(=Nc2cccc(OC(F)F)c2)NC#N)N=C1c1ccc(Cl)c(Cl)c1. The molecule has 10 nitrogen and oxygen atoms in total. The second-order valence-electron chi connectivity index (χ2n) is 8.12. The first-order valence-electron chi connectivity index (χ1n) is 11.8. The van der Waals surface area contributed by atoms with Crippen LogP contribution in [0.1, 0.15) is 25.3 Å². The fourth-order valence-corrected chi connectivity index (χ4v) is 4.24. The van der Waals surface area contributed by atoms with Gasteiger partial charge in [-0.1, -0.05) is 35.3 Å². The summed E-state index contributed by atoms with van der Waals surface area (Å²) in [6.07, 6.45) is 3.02. The Kier molecular flexibility index (Phi) is 10.8. The lowest BCUT2D eigenvalue weighted by Crippen LogP contribution is -2.48. The van der Waals surface area contributed by atoms with Crippen LogP contribution in [0.3, 0.4) is 0 Å². The number of benzene rings is 2. The highest BCUT2D eigenvalue weighted by Gasteiger charge is 2.36. The monoisotopic (exact) mass is 579 g/mol. The van der Waals surface area contributed by atoms with Gasteiger partial charge in [-0.15, -0.1) is 0 Å². The van der Waals surface area contributed by atoms with Crippen molar-refractivity contribution in [2.75, 3.05) is 19.6 Å². The second kappa shape index (κ2) is 14.3. The van der Waals surface area contributed by atoms with E-state index in [1.165, 1.54) is 23.2 Å². The maximum Gasteiger partial charge on any atom is 0.387 e. The highest BCUT2D eigenvalue weighted by molar-refractivity contribution is 6.42. The molecule has 2 aromatic rings. The number of halogens is 4. The summed E-state index contributed by atoms with van der Waals surface area (Å²) in [4.78, 5) is 29.7. The number of ether oxygens (including phenoxy) is 1. The minimum Gasteiger partial charge on any atom is -0.435 e. The second-order valence-corrected chi connectivity index (χ2v) is 8.93. The number of hydrazone groups is 1. The Morgan fingerprint density at radius 1 is 1.33 bits per heavy atom. The molecular formula is C25H25Cl2F2N7O3. The number of alkyl halides is 2. The number of nitriles is 1. The molecule has 1 atom stereocenters. The molecule has 0 saturated heterocycles.